The molecule has 0 aromatic heterocycles. The van der Waals surface area contributed by atoms with Gasteiger partial charge in [0.05, 0.1) is 0 Å². The molecule has 0 aliphatic carbocycles. The van der Waals surface area contributed by atoms with Crippen LogP contribution < -0.4 is 10.6 Å². The van der Waals surface area contributed by atoms with Gasteiger partial charge in [0.1, 0.15) is 0 Å². The number of anilines is 2. The van der Waals surface area contributed by atoms with Gasteiger partial charge in [0.2, 0.25) is 11.8 Å². The van der Waals surface area contributed by atoms with Crippen molar-refractivity contribution in [2.75, 3.05) is 10.6 Å². The van der Waals surface area contributed by atoms with Gasteiger partial charge in [-0.25, -0.2) is 0 Å². The summed E-state index contributed by atoms with van der Waals surface area (Å²) in [5, 5.41) is 6.81. The molecule has 0 saturated carbocycles. The Morgan fingerprint density at radius 3 is 1.43 bits per heavy atom. The fourth-order valence-corrected chi connectivity index (χ4v) is 2.79. The highest BCUT2D eigenvalue weighted by molar-refractivity contribution is 6.30. The van der Waals surface area contributed by atoms with Crippen LogP contribution in [-0.2, 0) is 9.59 Å². The number of nitrogens with one attached hydrogen (secondary N) is 2. The Bertz CT molecular complexity index is 1000. The van der Waals surface area contributed by atoms with Crippen LogP contribution in [0.15, 0.2) is 84.9 Å². The van der Waals surface area contributed by atoms with Crippen molar-refractivity contribution in [2.24, 2.45) is 0 Å². The van der Waals surface area contributed by atoms with Crippen LogP contribution in [0.25, 0.3) is 12.2 Å². The van der Waals surface area contributed by atoms with Crippen molar-refractivity contribution in [1.82, 2.24) is 0 Å². The third-order valence-electron chi connectivity index (χ3n) is 3.99. The van der Waals surface area contributed by atoms with Crippen LogP contribution in [0.1, 0.15) is 11.1 Å². The molecule has 4 nitrogen and oxygen atoms in total. The van der Waals surface area contributed by atoms with Crippen molar-refractivity contribution >= 4 is 58.5 Å². The SMILES string of the molecule is O=C(C=Cc1ccc(Cl)cc1)Nc1cccc(NC(=O)C=Cc2ccc(Cl)cc2)c1. The van der Waals surface area contributed by atoms with Crippen LogP contribution in [0.4, 0.5) is 11.4 Å². The number of carbonyl (C=O) groups excluding carboxylic acids is 2. The Morgan fingerprint density at radius 2 is 1.03 bits per heavy atom. The van der Waals surface area contributed by atoms with E-state index < -0.39 is 0 Å². The lowest BCUT2D eigenvalue weighted by molar-refractivity contribution is -0.112. The second kappa shape index (κ2) is 10.4. The van der Waals surface area contributed by atoms with E-state index in [2.05, 4.69) is 10.6 Å². The van der Waals surface area contributed by atoms with Crippen molar-refractivity contribution in [3.8, 4) is 0 Å². The summed E-state index contributed by atoms with van der Waals surface area (Å²) in [6.45, 7) is 0. The Kier molecular flexibility index (Phi) is 7.44. The molecule has 0 aliphatic heterocycles. The number of benzene rings is 3. The minimum atomic E-state index is -0.281. The van der Waals surface area contributed by atoms with Gasteiger partial charge in [-0.05, 0) is 65.7 Å². The number of hydrogen-bond acceptors (Lipinski definition) is 2. The highest BCUT2D eigenvalue weighted by Gasteiger charge is 2.02. The van der Waals surface area contributed by atoms with E-state index in [1.54, 1.807) is 60.7 Å². The second-order valence-corrected chi connectivity index (χ2v) is 7.20. The Morgan fingerprint density at radius 1 is 0.633 bits per heavy atom. The van der Waals surface area contributed by atoms with Gasteiger partial charge in [-0.1, -0.05) is 53.5 Å². The molecule has 0 unspecified atom stereocenters. The molecule has 0 heterocycles. The topological polar surface area (TPSA) is 58.2 Å². The summed E-state index contributed by atoms with van der Waals surface area (Å²) in [6.07, 6.45) is 6.25. The molecule has 6 heteroatoms. The molecule has 0 radical (unpaired) electrons. The molecule has 2 N–H and O–H groups in total. The lowest BCUT2D eigenvalue weighted by Gasteiger charge is -2.06. The van der Waals surface area contributed by atoms with E-state index in [-0.39, 0.29) is 11.8 Å². The Balaban J connectivity index is 1.57. The zero-order valence-electron chi connectivity index (χ0n) is 15.8. The van der Waals surface area contributed by atoms with Crippen molar-refractivity contribution in [3.05, 3.63) is 106 Å². The van der Waals surface area contributed by atoms with Crippen LogP contribution in [-0.4, -0.2) is 11.8 Å². The predicted octanol–water partition coefficient (Wildman–Crippen LogP) is 6.30. The molecular weight excluding hydrogens is 419 g/mol. The average Bonchev–Trinajstić information content (AvgIpc) is 2.73. The predicted molar refractivity (Wildman–Crippen MR) is 125 cm³/mol. The number of carbonyl (C=O) groups is 2. The van der Waals surface area contributed by atoms with Gasteiger partial charge in [0, 0.05) is 33.6 Å². The molecule has 30 heavy (non-hydrogen) atoms. The molecule has 0 saturated heterocycles. The fraction of sp³-hybridized carbons (Fsp3) is 0. The van der Waals surface area contributed by atoms with E-state index in [4.69, 9.17) is 23.2 Å². The molecule has 0 bridgehead atoms. The highest BCUT2D eigenvalue weighted by Crippen LogP contribution is 2.16. The first kappa shape index (κ1) is 21.4. The van der Waals surface area contributed by atoms with Crippen molar-refractivity contribution < 1.29 is 9.59 Å². The quantitative estimate of drug-likeness (QED) is 0.445. The summed E-state index contributed by atoms with van der Waals surface area (Å²) >= 11 is 11.7. The molecule has 150 valence electrons. The number of rotatable bonds is 6. The van der Waals surface area contributed by atoms with Gasteiger partial charge in [0.15, 0.2) is 0 Å². The van der Waals surface area contributed by atoms with Crippen LogP contribution >= 0.6 is 23.2 Å². The van der Waals surface area contributed by atoms with E-state index in [9.17, 15) is 9.59 Å². The first-order chi connectivity index (χ1) is 14.5. The van der Waals surface area contributed by atoms with Crippen LogP contribution in [0.2, 0.25) is 10.0 Å². The lowest BCUT2D eigenvalue weighted by atomic mass is 10.2. The molecule has 3 rings (SSSR count). The average molecular weight is 437 g/mol. The van der Waals surface area contributed by atoms with Gasteiger partial charge < -0.3 is 10.6 Å². The molecular formula is C24H18Cl2N2O2. The molecule has 3 aromatic carbocycles. The Labute approximate surface area is 184 Å². The zero-order chi connectivity index (χ0) is 21.3. The summed E-state index contributed by atoms with van der Waals surface area (Å²) in [4.78, 5) is 24.3. The van der Waals surface area contributed by atoms with Crippen LogP contribution in [0.5, 0.6) is 0 Å². The van der Waals surface area contributed by atoms with Crippen molar-refractivity contribution in [1.29, 1.82) is 0 Å². The summed E-state index contributed by atoms with van der Waals surface area (Å²) in [5.41, 5.74) is 2.87. The van der Waals surface area contributed by atoms with Gasteiger partial charge in [-0.3, -0.25) is 9.59 Å². The maximum Gasteiger partial charge on any atom is 0.248 e. The lowest BCUT2D eigenvalue weighted by Crippen LogP contribution is -2.10. The van der Waals surface area contributed by atoms with Gasteiger partial charge in [-0.15, -0.1) is 0 Å². The maximum absolute atomic E-state index is 12.1. The number of halogens is 2. The minimum absolute atomic E-state index is 0.281. The van der Waals surface area contributed by atoms with E-state index >= 15 is 0 Å². The third kappa shape index (κ3) is 6.92. The van der Waals surface area contributed by atoms with E-state index in [0.717, 1.165) is 11.1 Å². The van der Waals surface area contributed by atoms with Crippen LogP contribution in [0, 0.1) is 0 Å². The molecule has 0 atom stereocenters. The summed E-state index contributed by atoms with van der Waals surface area (Å²) in [6, 6.07) is 21.2. The summed E-state index contributed by atoms with van der Waals surface area (Å²) in [5.74, 6) is -0.563. The number of amides is 2. The van der Waals surface area contributed by atoms with Gasteiger partial charge in [-0.2, -0.15) is 0 Å². The van der Waals surface area contributed by atoms with Gasteiger partial charge >= 0.3 is 0 Å². The van der Waals surface area contributed by atoms with Crippen molar-refractivity contribution in [2.45, 2.75) is 0 Å². The standard InChI is InChI=1S/C24H18Cl2N2O2/c25-19-10-4-17(5-11-19)8-14-23(29)27-21-2-1-3-22(16-21)28-24(30)15-9-18-6-12-20(26)13-7-18/h1-16H,(H,27,29)(H,28,30). The summed E-state index contributed by atoms with van der Waals surface area (Å²) < 4.78 is 0. The fourth-order valence-electron chi connectivity index (χ4n) is 2.53. The molecule has 0 spiro atoms. The second-order valence-electron chi connectivity index (χ2n) is 6.33. The first-order valence-corrected chi connectivity index (χ1v) is 9.83. The smallest absolute Gasteiger partial charge is 0.248 e. The molecule has 3 aromatic rings. The van der Waals surface area contributed by atoms with Crippen LogP contribution in [0.3, 0.4) is 0 Å². The molecule has 2 amide bonds. The first-order valence-electron chi connectivity index (χ1n) is 9.07. The maximum atomic E-state index is 12.1. The normalized spacial score (nSPS) is 11.0. The van der Waals surface area contributed by atoms with E-state index in [0.29, 0.717) is 21.4 Å². The molecule has 0 aliphatic rings. The number of hydrogen-bond donors (Lipinski definition) is 2. The summed E-state index contributed by atoms with van der Waals surface area (Å²) in [7, 11) is 0. The van der Waals surface area contributed by atoms with E-state index in [1.165, 1.54) is 12.2 Å². The Hall–Kier alpha value is -3.34. The van der Waals surface area contributed by atoms with Crippen molar-refractivity contribution in [3.63, 3.8) is 0 Å². The minimum Gasteiger partial charge on any atom is -0.322 e. The van der Waals surface area contributed by atoms with E-state index in [1.807, 2.05) is 24.3 Å². The largest absolute Gasteiger partial charge is 0.322 e. The molecule has 0 fully saturated rings. The van der Waals surface area contributed by atoms with Gasteiger partial charge in [0.25, 0.3) is 0 Å². The highest BCUT2D eigenvalue weighted by atomic mass is 35.5. The zero-order valence-corrected chi connectivity index (χ0v) is 17.3. The third-order valence-corrected chi connectivity index (χ3v) is 4.50. The monoisotopic (exact) mass is 436 g/mol.